The van der Waals surface area contributed by atoms with Gasteiger partial charge in [0, 0.05) is 11.1 Å². The number of para-hydroxylation sites is 1. The lowest BCUT2D eigenvalue weighted by atomic mass is 10.1. The van der Waals surface area contributed by atoms with Crippen LogP contribution in [0.2, 0.25) is 0 Å². The van der Waals surface area contributed by atoms with Crippen molar-refractivity contribution in [1.82, 2.24) is 0 Å². The number of carbonyl (C=O) groups excluding carboxylic acids is 1. The molecule has 1 aromatic rings. The van der Waals surface area contributed by atoms with Crippen LogP contribution < -0.4 is 4.74 Å². The third-order valence-electron chi connectivity index (χ3n) is 2.00. The van der Waals surface area contributed by atoms with E-state index in [1.165, 1.54) is 6.92 Å². The molecule has 0 aliphatic rings. The first kappa shape index (κ1) is 12.4. The fraction of sp³-hybridized carbons (Fsp3) is 0.250. The second-order valence-corrected chi connectivity index (χ2v) is 3.41. The molecule has 0 aliphatic carbocycles. The van der Waals surface area contributed by atoms with Crippen LogP contribution in [0.5, 0.6) is 5.75 Å². The highest BCUT2D eigenvalue weighted by molar-refractivity contribution is 5.88. The molecule has 0 aliphatic heterocycles. The van der Waals surface area contributed by atoms with Crippen molar-refractivity contribution in [2.75, 3.05) is 6.61 Å². The van der Waals surface area contributed by atoms with E-state index in [0.717, 1.165) is 0 Å². The van der Waals surface area contributed by atoms with E-state index in [4.69, 9.17) is 9.84 Å². The zero-order valence-corrected chi connectivity index (χ0v) is 9.01. The number of ether oxygens (including phenoxy) is 1. The van der Waals surface area contributed by atoms with E-state index < -0.39 is 18.7 Å². The second-order valence-electron chi connectivity index (χ2n) is 3.41. The van der Waals surface area contributed by atoms with E-state index in [2.05, 4.69) is 6.58 Å². The smallest absolute Gasteiger partial charge is 0.338 e. The minimum atomic E-state index is -1.06. The second kappa shape index (κ2) is 5.44. The number of hydrogen-bond donors (Lipinski definition) is 2. The van der Waals surface area contributed by atoms with Crippen molar-refractivity contribution >= 4 is 5.97 Å². The Kier molecular flexibility index (Phi) is 4.22. The number of aliphatic hydroxyl groups is 2. The van der Waals surface area contributed by atoms with Gasteiger partial charge >= 0.3 is 5.97 Å². The van der Waals surface area contributed by atoms with Gasteiger partial charge in [0.1, 0.15) is 11.9 Å². The number of aliphatic hydroxyl groups excluding tert-OH is 2. The summed E-state index contributed by atoms with van der Waals surface area (Å²) in [6.45, 7) is 4.57. The van der Waals surface area contributed by atoms with Crippen LogP contribution in [0.1, 0.15) is 18.6 Å². The lowest BCUT2D eigenvalue weighted by Gasteiger charge is -2.13. The molecule has 0 heterocycles. The van der Waals surface area contributed by atoms with Crippen LogP contribution in [0.3, 0.4) is 0 Å². The summed E-state index contributed by atoms with van der Waals surface area (Å²) in [5, 5.41) is 18.3. The summed E-state index contributed by atoms with van der Waals surface area (Å²) in [7, 11) is 0. The molecular formula is C12H14O4. The Morgan fingerprint density at radius 2 is 2.12 bits per heavy atom. The highest BCUT2D eigenvalue weighted by atomic mass is 16.5. The van der Waals surface area contributed by atoms with Gasteiger partial charge < -0.3 is 14.9 Å². The average Bonchev–Trinajstić information content (AvgIpc) is 2.28. The normalized spacial score (nSPS) is 11.9. The van der Waals surface area contributed by atoms with E-state index >= 15 is 0 Å². The Balaban J connectivity index is 2.95. The SMILES string of the molecule is C=C(C)C(=O)Oc1ccccc1C(O)CO. The maximum Gasteiger partial charge on any atom is 0.338 e. The summed E-state index contributed by atoms with van der Waals surface area (Å²) >= 11 is 0. The molecule has 4 nitrogen and oxygen atoms in total. The van der Waals surface area contributed by atoms with E-state index in [1.807, 2.05) is 0 Å². The van der Waals surface area contributed by atoms with Gasteiger partial charge in [0.25, 0.3) is 0 Å². The van der Waals surface area contributed by atoms with Crippen LogP contribution in [0.4, 0.5) is 0 Å². The van der Waals surface area contributed by atoms with Gasteiger partial charge in [-0.25, -0.2) is 4.79 Å². The first-order valence-electron chi connectivity index (χ1n) is 4.81. The third-order valence-corrected chi connectivity index (χ3v) is 2.00. The molecular weight excluding hydrogens is 208 g/mol. The Morgan fingerprint density at radius 3 is 2.69 bits per heavy atom. The number of carbonyl (C=O) groups is 1. The average molecular weight is 222 g/mol. The number of esters is 1. The van der Waals surface area contributed by atoms with E-state index in [-0.39, 0.29) is 11.3 Å². The van der Waals surface area contributed by atoms with Crippen LogP contribution in [0.15, 0.2) is 36.4 Å². The molecule has 86 valence electrons. The summed E-state index contributed by atoms with van der Waals surface area (Å²) < 4.78 is 5.02. The molecule has 2 N–H and O–H groups in total. The zero-order chi connectivity index (χ0) is 12.1. The van der Waals surface area contributed by atoms with Crippen LogP contribution in [0.25, 0.3) is 0 Å². The Hall–Kier alpha value is -1.65. The monoisotopic (exact) mass is 222 g/mol. The van der Waals surface area contributed by atoms with E-state index in [1.54, 1.807) is 24.3 Å². The van der Waals surface area contributed by atoms with Crippen molar-refractivity contribution in [3.63, 3.8) is 0 Å². The Labute approximate surface area is 93.8 Å². The molecule has 0 saturated carbocycles. The molecule has 1 atom stereocenters. The molecule has 1 rings (SSSR count). The molecule has 0 saturated heterocycles. The molecule has 16 heavy (non-hydrogen) atoms. The first-order chi connectivity index (χ1) is 7.56. The predicted octanol–water partition coefficient (Wildman–Crippen LogP) is 1.19. The van der Waals surface area contributed by atoms with E-state index in [0.29, 0.717) is 5.56 Å². The van der Waals surface area contributed by atoms with Gasteiger partial charge in [-0.1, -0.05) is 24.8 Å². The van der Waals surface area contributed by atoms with Gasteiger partial charge in [-0.3, -0.25) is 0 Å². The van der Waals surface area contributed by atoms with Gasteiger partial charge in [-0.15, -0.1) is 0 Å². The zero-order valence-electron chi connectivity index (χ0n) is 9.01. The molecule has 0 bridgehead atoms. The summed E-state index contributed by atoms with van der Waals surface area (Å²) in [4.78, 5) is 11.3. The van der Waals surface area contributed by atoms with Crippen molar-refractivity contribution in [1.29, 1.82) is 0 Å². The fourth-order valence-electron chi connectivity index (χ4n) is 1.13. The van der Waals surface area contributed by atoms with Gasteiger partial charge in [-0.2, -0.15) is 0 Å². The lowest BCUT2D eigenvalue weighted by molar-refractivity contribution is -0.130. The van der Waals surface area contributed by atoms with Gasteiger partial charge in [0.2, 0.25) is 0 Å². The van der Waals surface area contributed by atoms with Gasteiger partial charge in [0.15, 0.2) is 0 Å². The van der Waals surface area contributed by atoms with Crippen molar-refractivity contribution in [3.05, 3.63) is 42.0 Å². The van der Waals surface area contributed by atoms with Crippen LogP contribution in [-0.2, 0) is 4.79 Å². The number of benzene rings is 1. The fourth-order valence-corrected chi connectivity index (χ4v) is 1.13. The third kappa shape index (κ3) is 2.92. The maximum atomic E-state index is 11.3. The molecule has 0 aromatic heterocycles. The number of rotatable bonds is 4. The van der Waals surface area contributed by atoms with Gasteiger partial charge in [0.05, 0.1) is 6.61 Å². The molecule has 0 amide bonds. The van der Waals surface area contributed by atoms with Crippen molar-refractivity contribution in [3.8, 4) is 5.75 Å². The molecule has 0 spiro atoms. The van der Waals surface area contributed by atoms with Gasteiger partial charge in [-0.05, 0) is 13.0 Å². The van der Waals surface area contributed by atoms with Crippen LogP contribution in [0, 0.1) is 0 Å². The molecule has 0 radical (unpaired) electrons. The molecule has 1 aromatic carbocycles. The lowest BCUT2D eigenvalue weighted by Crippen LogP contribution is -2.12. The minimum absolute atomic E-state index is 0.233. The number of hydrogen-bond acceptors (Lipinski definition) is 4. The van der Waals surface area contributed by atoms with Crippen molar-refractivity contribution < 1.29 is 19.7 Å². The van der Waals surface area contributed by atoms with Crippen molar-refractivity contribution in [2.24, 2.45) is 0 Å². The molecule has 4 heteroatoms. The quantitative estimate of drug-likeness (QED) is 0.456. The maximum absolute atomic E-state index is 11.3. The van der Waals surface area contributed by atoms with Crippen LogP contribution in [-0.4, -0.2) is 22.8 Å². The topological polar surface area (TPSA) is 66.8 Å². The molecule has 0 fully saturated rings. The summed E-state index contributed by atoms with van der Waals surface area (Å²) in [5.41, 5.74) is 0.646. The standard InChI is InChI=1S/C12H14O4/c1-8(2)12(15)16-11-6-4-3-5-9(11)10(14)7-13/h3-6,10,13-14H,1,7H2,2H3. The minimum Gasteiger partial charge on any atom is -0.423 e. The van der Waals surface area contributed by atoms with E-state index in [9.17, 15) is 9.90 Å². The van der Waals surface area contributed by atoms with Crippen molar-refractivity contribution in [2.45, 2.75) is 13.0 Å². The molecule has 1 unspecified atom stereocenters. The Bertz CT molecular complexity index is 398. The summed E-state index contributed by atoms with van der Waals surface area (Å²) in [5.74, 6) is -0.324. The Morgan fingerprint density at radius 1 is 1.50 bits per heavy atom. The highest BCUT2D eigenvalue weighted by Crippen LogP contribution is 2.25. The highest BCUT2D eigenvalue weighted by Gasteiger charge is 2.14. The summed E-state index contributed by atoms with van der Waals surface area (Å²) in [6.07, 6.45) is -1.06. The predicted molar refractivity (Wildman–Crippen MR) is 58.9 cm³/mol. The largest absolute Gasteiger partial charge is 0.423 e. The first-order valence-corrected chi connectivity index (χ1v) is 4.81. The van der Waals surface area contributed by atoms with Crippen LogP contribution >= 0.6 is 0 Å². The summed E-state index contributed by atoms with van der Waals surface area (Å²) in [6, 6.07) is 6.50.